The van der Waals surface area contributed by atoms with E-state index in [0.717, 1.165) is 37.6 Å². The average molecular weight is 246 g/mol. The van der Waals surface area contributed by atoms with E-state index in [1.807, 2.05) is 24.3 Å². The van der Waals surface area contributed by atoms with Crippen LogP contribution in [0.5, 0.6) is 0 Å². The second-order valence-electron chi connectivity index (χ2n) is 4.32. The van der Waals surface area contributed by atoms with Gasteiger partial charge >= 0.3 is 0 Å². The number of rotatable bonds is 1. The molecule has 0 aliphatic carbocycles. The van der Waals surface area contributed by atoms with Gasteiger partial charge in [-0.1, -0.05) is 12.1 Å². The Hall–Kier alpha value is -1.88. The average Bonchev–Trinajstić information content (AvgIpc) is 2.37. The number of aliphatic imine (C=N–C) groups is 1. The van der Waals surface area contributed by atoms with E-state index < -0.39 is 0 Å². The van der Waals surface area contributed by atoms with Crippen LogP contribution in [-0.2, 0) is 4.79 Å². The Morgan fingerprint density at radius 3 is 2.72 bits per heavy atom. The van der Waals surface area contributed by atoms with Crippen LogP contribution in [0.2, 0.25) is 0 Å². The van der Waals surface area contributed by atoms with Crippen LogP contribution < -0.4 is 11.1 Å². The van der Waals surface area contributed by atoms with Gasteiger partial charge in [-0.25, -0.2) is 0 Å². The maximum absolute atomic E-state index is 11.3. The number of nitrogens with zero attached hydrogens (tertiary/aromatic N) is 2. The smallest absolute Gasteiger partial charge is 0.244 e. The normalized spacial score (nSPS) is 16.7. The Morgan fingerprint density at radius 1 is 1.39 bits per heavy atom. The summed E-state index contributed by atoms with van der Waals surface area (Å²) in [5.41, 5.74) is 7.36. The highest BCUT2D eigenvalue weighted by Gasteiger charge is 2.17. The monoisotopic (exact) mass is 246 g/mol. The van der Waals surface area contributed by atoms with Gasteiger partial charge in [0.15, 0.2) is 0 Å². The summed E-state index contributed by atoms with van der Waals surface area (Å²) in [4.78, 5) is 17.5. The van der Waals surface area contributed by atoms with Gasteiger partial charge in [-0.15, -0.1) is 0 Å². The number of nitrogens with two attached hydrogens (primary N) is 1. The van der Waals surface area contributed by atoms with Crippen LogP contribution in [0, 0.1) is 0 Å². The predicted octanol–water partition coefficient (Wildman–Crippen LogP) is 0.467. The van der Waals surface area contributed by atoms with E-state index in [4.69, 9.17) is 5.73 Å². The van der Waals surface area contributed by atoms with Gasteiger partial charge in [0.1, 0.15) is 5.84 Å². The van der Waals surface area contributed by atoms with Gasteiger partial charge in [0.25, 0.3) is 0 Å². The number of anilines is 1. The van der Waals surface area contributed by atoms with Gasteiger partial charge < -0.3 is 16.0 Å². The van der Waals surface area contributed by atoms with Crippen LogP contribution in [0.1, 0.15) is 12.5 Å². The van der Waals surface area contributed by atoms with Crippen LogP contribution in [-0.4, -0.2) is 42.8 Å². The van der Waals surface area contributed by atoms with Gasteiger partial charge in [-0.2, -0.15) is 4.99 Å². The van der Waals surface area contributed by atoms with Gasteiger partial charge in [0.2, 0.25) is 5.91 Å². The molecule has 96 valence electrons. The first-order valence-corrected chi connectivity index (χ1v) is 6.07. The summed E-state index contributed by atoms with van der Waals surface area (Å²) >= 11 is 0. The molecule has 1 aromatic rings. The Kier molecular flexibility index (Phi) is 3.94. The van der Waals surface area contributed by atoms with Crippen LogP contribution in [0.25, 0.3) is 0 Å². The third-order valence-electron chi connectivity index (χ3n) is 2.82. The highest BCUT2D eigenvalue weighted by Crippen LogP contribution is 2.11. The van der Waals surface area contributed by atoms with Crippen LogP contribution in [0.4, 0.5) is 5.69 Å². The van der Waals surface area contributed by atoms with Crippen molar-refractivity contribution in [2.45, 2.75) is 6.92 Å². The van der Waals surface area contributed by atoms with Crippen LogP contribution >= 0.6 is 0 Å². The highest BCUT2D eigenvalue weighted by molar-refractivity contribution is 6.05. The molecule has 0 unspecified atom stereocenters. The van der Waals surface area contributed by atoms with Crippen molar-refractivity contribution in [3.05, 3.63) is 29.8 Å². The van der Waals surface area contributed by atoms with E-state index in [1.165, 1.54) is 6.92 Å². The van der Waals surface area contributed by atoms with Crippen molar-refractivity contribution in [2.24, 2.45) is 4.99 Å². The fourth-order valence-electron chi connectivity index (χ4n) is 2.02. The van der Waals surface area contributed by atoms with Crippen molar-refractivity contribution in [3.63, 3.8) is 0 Å². The molecule has 5 nitrogen and oxygen atoms in total. The third kappa shape index (κ3) is 3.07. The molecule has 5 heteroatoms. The van der Waals surface area contributed by atoms with Crippen LogP contribution in [0.15, 0.2) is 29.3 Å². The number of benzene rings is 1. The third-order valence-corrected chi connectivity index (χ3v) is 2.82. The highest BCUT2D eigenvalue weighted by atomic mass is 16.1. The minimum atomic E-state index is -0.189. The van der Waals surface area contributed by atoms with Crippen molar-refractivity contribution in [2.75, 3.05) is 31.9 Å². The quantitative estimate of drug-likeness (QED) is 0.429. The number of piperazine rings is 1. The van der Waals surface area contributed by atoms with Crippen molar-refractivity contribution in [3.8, 4) is 0 Å². The minimum absolute atomic E-state index is 0.189. The molecule has 0 aromatic heterocycles. The van der Waals surface area contributed by atoms with E-state index in [0.29, 0.717) is 5.69 Å². The molecule has 0 spiro atoms. The standard InChI is InChI=1S/C13H18N4O/c1-10(18)16-13(17-7-5-15-6-8-17)11-3-2-4-12(14)9-11/h2-4,9,15H,5-8,14H2,1H3/b16-13-. The van der Waals surface area contributed by atoms with E-state index in [2.05, 4.69) is 15.2 Å². The molecule has 0 saturated carbocycles. The molecule has 0 radical (unpaired) electrons. The molecule has 1 aromatic carbocycles. The van der Waals surface area contributed by atoms with Crippen LogP contribution in [0.3, 0.4) is 0 Å². The van der Waals surface area contributed by atoms with Gasteiger partial charge in [-0.05, 0) is 12.1 Å². The molecule has 1 aliphatic rings. The predicted molar refractivity (Wildman–Crippen MR) is 72.5 cm³/mol. The summed E-state index contributed by atoms with van der Waals surface area (Å²) in [7, 11) is 0. The van der Waals surface area contributed by atoms with E-state index in [9.17, 15) is 4.79 Å². The summed E-state index contributed by atoms with van der Waals surface area (Å²) in [6.45, 7) is 4.97. The molecular weight excluding hydrogens is 228 g/mol. The largest absolute Gasteiger partial charge is 0.399 e. The summed E-state index contributed by atoms with van der Waals surface area (Å²) in [5.74, 6) is 0.530. The Balaban J connectivity index is 2.33. The number of nitrogen functional groups attached to an aromatic ring is 1. The first-order chi connectivity index (χ1) is 8.66. The lowest BCUT2D eigenvalue weighted by molar-refractivity contribution is -0.115. The van der Waals surface area contributed by atoms with Crippen molar-refractivity contribution >= 4 is 17.4 Å². The molecule has 1 aliphatic heterocycles. The number of hydrogen-bond acceptors (Lipinski definition) is 3. The lowest BCUT2D eigenvalue weighted by atomic mass is 10.1. The van der Waals surface area contributed by atoms with Crippen molar-refractivity contribution in [1.82, 2.24) is 10.2 Å². The number of nitrogens with one attached hydrogen (secondary N) is 1. The molecule has 1 saturated heterocycles. The summed E-state index contributed by atoms with van der Waals surface area (Å²) in [5, 5.41) is 3.28. The molecule has 0 atom stereocenters. The summed E-state index contributed by atoms with van der Waals surface area (Å²) in [6.07, 6.45) is 0. The lowest BCUT2D eigenvalue weighted by Gasteiger charge is -2.30. The minimum Gasteiger partial charge on any atom is -0.399 e. The molecule has 2 rings (SSSR count). The lowest BCUT2D eigenvalue weighted by Crippen LogP contribution is -2.47. The van der Waals surface area contributed by atoms with Crippen molar-refractivity contribution < 1.29 is 4.79 Å². The molecular formula is C13H18N4O. The number of amidine groups is 1. The second kappa shape index (κ2) is 5.64. The summed E-state index contributed by atoms with van der Waals surface area (Å²) in [6, 6.07) is 7.49. The number of hydrogen-bond donors (Lipinski definition) is 2. The fraction of sp³-hybridized carbons (Fsp3) is 0.385. The first kappa shape index (κ1) is 12.6. The van der Waals surface area contributed by atoms with E-state index >= 15 is 0 Å². The molecule has 1 fully saturated rings. The Labute approximate surface area is 107 Å². The van der Waals surface area contributed by atoms with Gasteiger partial charge in [0.05, 0.1) is 0 Å². The topological polar surface area (TPSA) is 70.7 Å². The van der Waals surface area contributed by atoms with E-state index in [-0.39, 0.29) is 5.91 Å². The SMILES string of the molecule is CC(=O)/N=C(/c1cccc(N)c1)N1CCNCC1. The molecule has 1 heterocycles. The van der Waals surface area contributed by atoms with E-state index in [1.54, 1.807) is 0 Å². The van der Waals surface area contributed by atoms with Gasteiger partial charge in [-0.3, -0.25) is 4.79 Å². The number of carbonyl (C=O) groups is 1. The maximum atomic E-state index is 11.3. The molecule has 18 heavy (non-hydrogen) atoms. The molecule has 3 N–H and O–H groups in total. The fourth-order valence-corrected chi connectivity index (χ4v) is 2.02. The second-order valence-corrected chi connectivity index (χ2v) is 4.32. The zero-order valence-corrected chi connectivity index (χ0v) is 10.5. The van der Waals surface area contributed by atoms with Gasteiger partial charge in [0, 0.05) is 44.4 Å². The molecule has 0 bridgehead atoms. The zero-order chi connectivity index (χ0) is 13.0. The maximum Gasteiger partial charge on any atom is 0.244 e. The summed E-state index contributed by atoms with van der Waals surface area (Å²) < 4.78 is 0. The zero-order valence-electron chi connectivity index (χ0n) is 10.5. The molecule has 1 amide bonds. The van der Waals surface area contributed by atoms with Crippen molar-refractivity contribution in [1.29, 1.82) is 0 Å². The number of amides is 1. The first-order valence-electron chi connectivity index (χ1n) is 6.07. The Bertz CT molecular complexity index is 464. The number of carbonyl (C=O) groups excluding carboxylic acids is 1. The Morgan fingerprint density at radius 2 is 2.11 bits per heavy atom.